The molecule has 5 rings (SSSR count). The Bertz CT molecular complexity index is 1750. The first-order chi connectivity index (χ1) is 19.4. The van der Waals surface area contributed by atoms with Gasteiger partial charge < -0.3 is 19.1 Å². The predicted octanol–water partition coefficient (Wildman–Crippen LogP) is 5.34. The van der Waals surface area contributed by atoms with Gasteiger partial charge in [0.05, 0.1) is 42.3 Å². The van der Waals surface area contributed by atoms with Crippen LogP contribution in [0.2, 0.25) is 0 Å². The lowest BCUT2D eigenvalue weighted by Gasteiger charge is -2.17. The van der Waals surface area contributed by atoms with Crippen molar-refractivity contribution in [3.8, 4) is 28.4 Å². The molecule has 0 radical (unpaired) electrons. The van der Waals surface area contributed by atoms with Gasteiger partial charge in [0.15, 0.2) is 11.5 Å². The number of hydrogen-bond donors (Lipinski definition) is 1. The number of aliphatic hydroxyl groups excluding tert-OH is 1. The Morgan fingerprint density at radius 1 is 1.02 bits per heavy atom. The van der Waals surface area contributed by atoms with Crippen LogP contribution in [0.5, 0.6) is 17.2 Å². The minimum Gasteiger partial charge on any atom is -0.495 e. The molecule has 8 nitrogen and oxygen atoms in total. The standard InChI is InChI=1S/C31H26FN3O5/c1-3-35-17-24(31(38)29(26(35)18-36)20-6-8-21(32)9-7-20)27(37)14-19-4-10-22(11-5-19)40-28-12-13-33-25-15-23(39-2)16-34-30(25)28/h4-13,15-17,36H,3,14,18H2,1-2H3. The summed E-state index contributed by atoms with van der Waals surface area (Å²) in [5.74, 6) is 0.840. The summed E-state index contributed by atoms with van der Waals surface area (Å²) in [5.41, 5.74) is 2.40. The summed E-state index contributed by atoms with van der Waals surface area (Å²) in [5, 5.41) is 10.0. The van der Waals surface area contributed by atoms with Crippen LogP contribution in [0.4, 0.5) is 4.39 Å². The van der Waals surface area contributed by atoms with Crippen molar-refractivity contribution in [2.75, 3.05) is 7.11 Å². The number of aliphatic hydroxyl groups is 1. The first-order valence-electron chi connectivity index (χ1n) is 12.6. The minimum absolute atomic E-state index is 0.00320. The van der Waals surface area contributed by atoms with Crippen molar-refractivity contribution in [3.63, 3.8) is 0 Å². The average molecular weight is 540 g/mol. The van der Waals surface area contributed by atoms with Gasteiger partial charge in [0.1, 0.15) is 22.8 Å². The molecule has 202 valence electrons. The Kier molecular flexibility index (Phi) is 7.65. The van der Waals surface area contributed by atoms with E-state index in [2.05, 4.69) is 9.97 Å². The molecule has 0 amide bonds. The summed E-state index contributed by atoms with van der Waals surface area (Å²) in [7, 11) is 1.56. The number of pyridine rings is 3. The van der Waals surface area contributed by atoms with Crippen LogP contribution in [0.3, 0.4) is 0 Å². The average Bonchev–Trinajstić information content (AvgIpc) is 2.98. The third kappa shape index (κ3) is 5.32. The van der Waals surface area contributed by atoms with Crippen LogP contribution in [0.25, 0.3) is 22.2 Å². The van der Waals surface area contributed by atoms with E-state index in [1.165, 1.54) is 30.5 Å². The van der Waals surface area contributed by atoms with Crippen molar-refractivity contribution < 1.29 is 23.8 Å². The molecule has 0 unspecified atom stereocenters. The van der Waals surface area contributed by atoms with E-state index in [0.717, 1.165) is 0 Å². The van der Waals surface area contributed by atoms with Crippen molar-refractivity contribution in [1.29, 1.82) is 0 Å². The summed E-state index contributed by atoms with van der Waals surface area (Å²) < 4.78 is 26.4. The number of ether oxygens (including phenoxy) is 2. The highest BCUT2D eigenvalue weighted by Crippen LogP contribution is 2.29. The second-order valence-corrected chi connectivity index (χ2v) is 9.04. The van der Waals surface area contributed by atoms with Gasteiger partial charge in [0.25, 0.3) is 0 Å². The molecule has 0 atom stereocenters. The Balaban J connectivity index is 1.40. The molecule has 5 aromatic rings. The normalized spacial score (nSPS) is 11.0. The van der Waals surface area contributed by atoms with E-state index >= 15 is 0 Å². The van der Waals surface area contributed by atoms with E-state index < -0.39 is 17.9 Å². The van der Waals surface area contributed by atoms with Gasteiger partial charge in [-0.05, 0) is 42.3 Å². The van der Waals surface area contributed by atoms with Crippen LogP contribution in [0.15, 0.2) is 84.0 Å². The molecule has 0 aliphatic carbocycles. The number of carbonyl (C=O) groups is 1. The molecule has 9 heteroatoms. The topological polar surface area (TPSA) is 104 Å². The second-order valence-electron chi connectivity index (χ2n) is 9.04. The van der Waals surface area contributed by atoms with Crippen LogP contribution in [0, 0.1) is 5.82 Å². The van der Waals surface area contributed by atoms with Crippen LogP contribution in [0.1, 0.15) is 28.5 Å². The van der Waals surface area contributed by atoms with E-state index in [4.69, 9.17) is 9.47 Å². The van der Waals surface area contributed by atoms with Crippen molar-refractivity contribution in [3.05, 3.63) is 112 Å². The van der Waals surface area contributed by atoms with E-state index in [-0.39, 0.29) is 23.3 Å². The molecule has 3 heterocycles. The number of rotatable bonds is 9. The summed E-state index contributed by atoms with van der Waals surface area (Å²) in [6.07, 6.45) is 4.68. The zero-order valence-electron chi connectivity index (χ0n) is 21.9. The number of carbonyl (C=O) groups excluding carboxylic acids is 1. The van der Waals surface area contributed by atoms with Gasteiger partial charge in [-0.15, -0.1) is 0 Å². The van der Waals surface area contributed by atoms with E-state index in [1.807, 2.05) is 6.92 Å². The molecule has 0 saturated heterocycles. The fourth-order valence-electron chi connectivity index (χ4n) is 4.53. The lowest BCUT2D eigenvalue weighted by atomic mass is 9.97. The van der Waals surface area contributed by atoms with Crippen molar-refractivity contribution in [2.24, 2.45) is 0 Å². The molecule has 0 aliphatic heterocycles. The summed E-state index contributed by atoms with van der Waals surface area (Å²) in [4.78, 5) is 35.5. The summed E-state index contributed by atoms with van der Waals surface area (Å²) >= 11 is 0. The van der Waals surface area contributed by atoms with Crippen LogP contribution < -0.4 is 14.9 Å². The van der Waals surface area contributed by atoms with Gasteiger partial charge in [0, 0.05) is 37.5 Å². The van der Waals surface area contributed by atoms with Crippen LogP contribution in [-0.2, 0) is 19.6 Å². The molecule has 0 aliphatic rings. The van der Waals surface area contributed by atoms with Gasteiger partial charge in [-0.3, -0.25) is 14.6 Å². The predicted molar refractivity (Wildman–Crippen MR) is 148 cm³/mol. The maximum Gasteiger partial charge on any atom is 0.200 e. The quantitative estimate of drug-likeness (QED) is 0.252. The smallest absolute Gasteiger partial charge is 0.200 e. The Labute approximate surface area is 229 Å². The third-order valence-corrected chi connectivity index (χ3v) is 6.58. The maximum atomic E-state index is 13.5. The minimum atomic E-state index is -0.501. The van der Waals surface area contributed by atoms with Crippen LogP contribution in [-0.4, -0.2) is 32.5 Å². The Hall–Kier alpha value is -4.89. The molecule has 40 heavy (non-hydrogen) atoms. The fourth-order valence-corrected chi connectivity index (χ4v) is 4.53. The second kappa shape index (κ2) is 11.5. The fraction of sp³-hybridized carbons (Fsp3) is 0.161. The highest BCUT2D eigenvalue weighted by atomic mass is 19.1. The number of Topliss-reactive ketones (excluding diaryl/α,β-unsaturated/α-hetero) is 1. The number of benzene rings is 2. The summed E-state index contributed by atoms with van der Waals surface area (Å²) in [6.45, 7) is 1.88. The van der Waals surface area contributed by atoms with Crippen molar-refractivity contribution in [2.45, 2.75) is 26.5 Å². The number of aryl methyl sites for hydroxylation is 1. The summed E-state index contributed by atoms with van der Waals surface area (Å²) in [6, 6.07) is 15.9. The van der Waals surface area contributed by atoms with Crippen LogP contribution >= 0.6 is 0 Å². The van der Waals surface area contributed by atoms with Crippen molar-refractivity contribution >= 4 is 16.8 Å². The molecular weight excluding hydrogens is 513 g/mol. The van der Waals surface area contributed by atoms with E-state index in [1.54, 1.807) is 60.5 Å². The first kappa shape index (κ1) is 26.7. The van der Waals surface area contributed by atoms with Gasteiger partial charge in [-0.25, -0.2) is 9.37 Å². The van der Waals surface area contributed by atoms with Gasteiger partial charge >= 0.3 is 0 Å². The first-order valence-corrected chi connectivity index (χ1v) is 12.6. The lowest BCUT2D eigenvalue weighted by molar-refractivity contribution is 0.0991. The number of methoxy groups -OCH3 is 1. The molecule has 0 bridgehead atoms. The number of aromatic nitrogens is 3. The number of fused-ring (bicyclic) bond motifs is 1. The largest absolute Gasteiger partial charge is 0.495 e. The molecule has 0 spiro atoms. The van der Waals surface area contributed by atoms with Gasteiger partial charge in [-0.2, -0.15) is 0 Å². The molecule has 3 aromatic heterocycles. The molecule has 0 saturated carbocycles. The highest BCUT2D eigenvalue weighted by molar-refractivity contribution is 5.98. The molecule has 0 fully saturated rings. The SMILES string of the molecule is CCn1cc(C(=O)Cc2ccc(Oc3ccnc4cc(OC)cnc34)cc2)c(=O)c(-c2ccc(F)cc2)c1CO. The number of halogens is 1. The van der Waals surface area contributed by atoms with Gasteiger partial charge in [0.2, 0.25) is 5.43 Å². The molecule has 2 aromatic carbocycles. The number of hydrogen-bond acceptors (Lipinski definition) is 7. The number of nitrogens with zero attached hydrogens (tertiary/aromatic N) is 3. The Morgan fingerprint density at radius 2 is 1.77 bits per heavy atom. The highest BCUT2D eigenvalue weighted by Gasteiger charge is 2.21. The molecule has 1 N–H and O–H groups in total. The monoisotopic (exact) mass is 539 g/mol. The zero-order valence-corrected chi connectivity index (χ0v) is 21.9. The van der Waals surface area contributed by atoms with Gasteiger partial charge in [-0.1, -0.05) is 24.3 Å². The van der Waals surface area contributed by atoms with Crippen molar-refractivity contribution in [1.82, 2.24) is 14.5 Å². The van der Waals surface area contributed by atoms with E-state index in [9.17, 15) is 19.1 Å². The Morgan fingerprint density at radius 3 is 2.45 bits per heavy atom. The zero-order chi connectivity index (χ0) is 28.2. The third-order valence-electron chi connectivity index (χ3n) is 6.58. The number of ketones is 1. The lowest BCUT2D eigenvalue weighted by Crippen LogP contribution is -2.24. The maximum absolute atomic E-state index is 13.5. The molecular formula is C31H26FN3O5. The van der Waals surface area contributed by atoms with E-state index in [0.29, 0.717) is 51.6 Å².